The zero-order chi connectivity index (χ0) is 13.3. The highest BCUT2D eigenvalue weighted by Gasteiger charge is 2.31. The van der Waals surface area contributed by atoms with Gasteiger partial charge >= 0.3 is 0 Å². The first-order valence-corrected chi connectivity index (χ1v) is 6.27. The summed E-state index contributed by atoms with van der Waals surface area (Å²) in [5.74, 6) is 1.14. The first-order valence-electron chi connectivity index (χ1n) is 6.27. The number of carbonyl (C=O) groups is 1. The zero-order valence-electron chi connectivity index (χ0n) is 11.1. The second kappa shape index (κ2) is 4.88. The number of ether oxygens (including phenoxy) is 1. The van der Waals surface area contributed by atoms with E-state index in [-0.39, 0.29) is 11.9 Å². The van der Waals surface area contributed by atoms with E-state index in [4.69, 9.17) is 10.5 Å². The van der Waals surface area contributed by atoms with Crippen LogP contribution in [0.25, 0.3) is 0 Å². The summed E-state index contributed by atoms with van der Waals surface area (Å²) < 4.78 is 5.24. The fourth-order valence-corrected chi connectivity index (χ4v) is 2.62. The summed E-state index contributed by atoms with van der Waals surface area (Å²) in [6.07, 6.45) is 1.06. The van der Waals surface area contributed by atoms with Crippen molar-refractivity contribution in [2.75, 3.05) is 19.4 Å². The van der Waals surface area contributed by atoms with E-state index in [2.05, 4.69) is 13.8 Å². The molecular weight excluding hydrogens is 228 g/mol. The van der Waals surface area contributed by atoms with Crippen LogP contribution in [-0.4, -0.2) is 30.5 Å². The highest BCUT2D eigenvalue weighted by molar-refractivity contribution is 5.97. The van der Waals surface area contributed by atoms with Crippen LogP contribution in [0.4, 0.5) is 5.69 Å². The predicted octanol–water partition coefficient (Wildman–Crippen LogP) is 2.15. The molecule has 1 aliphatic heterocycles. The number of anilines is 1. The van der Waals surface area contributed by atoms with Gasteiger partial charge in [-0.2, -0.15) is 0 Å². The van der Waals surface area contributed by atoms with Crippen molar-refractivity contribution in [1.82, 2.24) is 4.90 Å². The molecule has 1 heterocycles. The molecule has 1 aromatic rings. The highest BCUT2D eigenvalue weighted by Crippen LogP contribution is 2.28. The minimum absolute atomic E-state index is 0.0312. The van der Waals surface area contributed by atoms with Crippen LogP contribution in [0, 0.1) is 5.92 Å². The Labute approximate surface area is 108 Å². The van der Waals surface area contributed by atoms with E-state index in [0.717, 1.165) is 13.0 Å². The molecule has 0 saturated carbocycles. The summed E-state index contributed by atoms with van der Waals surface area (Å²) in [6.45, 7) is 5.07. The largest absolute Gasteiger partial charge is 0.496 e. The van der Waals surface area contributed by atoms with Crippen LogP contribution in [0.15, 0.2) is 18.2 Å². The predicted molar refractivity (Wildman–Crippen MR) is 71.7 cm³/mol. The molecule has 0 spiro atoms. The smallest absolute Gasteiger partial charge is 0.257 e. The second-order valence-electron chi connectivity index (χ2n) is 5.11. The van der Waals surface area contributed by atoms with Gasteiger partial charge in [-0.3, -0.25) is 4.79 Å². The Hall–Kier alpha value is -1.71. The number of nitrogens with zero attached hydrogens (tertiary/aromatic N) is 1. The minimum atomic E-state index is 0.0312. The van der Waals surface area contributed by atoms with Gasteiger partial charge in [0.25, 0.3) is 5.91 Å². The Morgan fingerprint density at radius 3 is 2.72 bits per heavy atom. The number of nitrogens with two attached hydrogens (primary N) is 1. The lowest BCUT2D eigenvalue weighted by atomic mass is 10.1. The molecule has 0 radical (unpaired) electrons. The summed E-state index contributed by atoms with van der Waals surface area (Å²) in [6, 6.07) is 5.46. The summed E-state index contributed by atoms with van der Waals surface area (Å²) in [4.78, 5) is 14.4. The van der Waals surface area contributed by atoms with Crippen LogP contribution < -0.4 is 10.5 Å². The Kier molecular flexibility index (Phi) is 3.45. The van der Waals surface area contributed by atoms with Crippen LogP contribution in [0.5, 0.6) is 5.75 Å². The average molecular weight is 248 g/mol. The summed E-state index contributed by atoms with van der Waals surface area (Å²) in [7, 11) is 1.56. The maximum atomic E-state index is 12.5. The van der Waals surface area contributed by atoms with Crippen LogP contribution in [0.1, 0.15) is 30.6 Å². The number of methoxy groups -OCH3 is 1. The number of carbonyl (C=O) groups excluding carboxylic acids is 1. The van der Waals surface area contributed by atoms with Crippen LogP contribution in [0.2, 0.25) is 0 Å². The number of likely N-dealkylation sites (tertiary alicyclic amines) is 1. The number of benzene rings is 1. The van der Waals surface area contributed by atoms with E-state index in [0.29, 0.717) is 22.9 Å². The average Bonchev–Trinajstić information content (AvgIpc) is 2.67. The van der Waals surface area contributed by atoms with Gasteiger partial charge < -0.3 is 15.4 Å². The molecule has 98 valence electrons. The van der Waals surface area contributed by atoms with Crippen molar-refractivity contribution >= 4 is 11.6 Å². The van der Waals surface area contributed by atoms with Gasteiger partial charge in [-0.05, 0) is 31.4 Å². The fraction of sp³-hybridized carbons (Fsp3) is 0.500. The number of nitrogen functional groups attached to an aromatic ring is 1. The molecule has 2 rings (SSSR count). The normalized spacial score (nSPS) is 23.2. The van der Waals surface area contributed by atoms with E-state index in [1.807, 2.05) is 4.90 Å². The summed E-state index contributed by atoms with van der Waals surface area (Å²) in [5, 5.41) is 0. The van der Waals surface area contributed by atoms with E-state index in [1.165, 1.54) is 0 Å². The molecule has 4 heteroatoms. The molecular formula is C14H20N2O2. The van der Waals surface area contributed by atoms with Gasteiger partial charge in [0.15, 0.2) is 0 Å². The molecule has 0 aromatic heterocycles. The topological polar surface area (TPSA) is 55.6 Å². The van der Waals surface area contributed by atoms with Gasteiger partial charge in [-0.25, -0.2) is 0 Å². The minimum Gasteiger partial charge on any atom is -0.496 e. The Morgan fingerprint density at radius 2 is 2.17 bits per heavy atom. The van der Waals surface area contributed by atoms with Crippen molar-refractivity contribution in [3.05, 3.63) is 23.8 Å². The van der Waals surface area contributed by atoms with E-state index in [1.54, 1.807) is 25.3 Å². The molecule has 0 bridgehead atoms. The Morgan fingerprint density at radius 1 is 1.44 bits per heavy atom. The Bertz CT molecular complexity index is 459. The lowest BCUT2D eigenvalue weighted by Crippen LogP contribution is -2.34. The third-order valence-corrected chi connectivity index (χ3v) is 3.50. The maximum Gasteiger partial charge on any atom is 0.257 e. The summed E-state index contributed by atoms with van der Waals surface area (Å²) in [5.41, 5.74) is 6.89. The Balaban J connectivity index is 2.29. The van der Waals surface area contributed by atoms with Gasteiger partial charge in [0.2, 0.25) is 0 Å². The third kappa shape index (κ3) is 2.28. The van der Waals surface area contributed by atoms with Crippen molar-refractivity contribution < 1.29 is 9.53 Å². The molecule has 18 heavy (non-hydrogen) atoms. The molecule has 1 aromatic carbocycles. The van der Waals surface area contributed by atoms with Crippen molar-refractivity contribution in [1.29, 1.82) is 0 Å². The number of rotatable bonds is 2. The van der Waals surface area contributed by atoms with Crippen LogP contribution in [0.3, 0.4) is 0 Å². The lowest BCUT2D eigenvalue weighted by Gasteiger charge is -2.22. The van der Waals surface area contributed by atoms with Gasteiger partial charge in [-0.1, -0.05) is 6.92 Å². The highest BCUT2D eigenvalue weighted by atomic mass is 16.5. The van der Waals surface area contributed by atoms with Crippen LogP contribution >= 0.6 is 0 Å². The number of hydrogen-bond donors (Lipinski definition) is 1. The van der Waals surface area contributed by atoms with E-state index < -0.39 is 0 Å². The molecule has 1 fully saturated rings. The zero-order valence-corrected chi connectivity index (χ0v) is 11.1. The van der Waals surface area contributed by atoms with Gasteiger partial charge in [-0.15, -0.1) is 0 Å². The fourth-order valence-electron chi connectivity index (χ4n) is 2.62. The molecule has 4 nitrogen and oxygen atoms in total. The second-order valence-corrected chi connectivity index (χ2v) is 5.11. The van der Waals surface area contributed by atoms with Crippen molar-refractivity contribution in [2.24, 2.45) is 5.92 Å². The first kappa shape index (κ1) is 12.7. The van der Waals surface area contributed by atoms with E-state index >= 15 is 0 Å². The standard InChI is InChI=1S/C14H20N2O2/c1-9-6-10(2)16(8-9)14(17)12-5-4-11(15)7-13(12)18-3/h4-5,7,9-10H,6,8,15H2,1-3H3. The van der Waals surface area contributed by atoms with E-state index in [9.17, 15) is 4.79 Å². The molecule has 2 unspecified atom stereocenters. The molecule has 2 N–H and O–H groups in total. The molecule has 1 amide bonds. The third-order valence-electron chi connectivity index (χ3n) is 3.50. The van der Waals surface area contributed by atoms with Crippen LogP contribution in [-0.2, 0) is 0 Å². The SMILES string of the molecule is COc1cc(N)ccc1C(=O)N1CC(C)CC1C. The maximum absolute atomic E-state index is 12.5. The number of hydrogen-bond acceptors (Lipinski definition) is 3. The van der Waals surface area contributed by atoms with Gasteiger partial charge in [0.1, 0.15) is 5.75 Å². The van der Waals surface area contributed by atoms with Crippen molar-refractivity contribution in [3.8, 4) is 5.75 Å². The van der Waals surface area contributed by atoms with Crippen molar-refractivity contribution in [2.45, 2.75) is 26.3 Å². The molecule has 0 aliphatic carbocycles. The van der Waals surface area contributed by atoms with Crippen molar-refractivity contribution in [3.63, 3.8) is 0 Å². The lowest BCUT2D eigenvalue weighted by molar-refractivity contribution is 0.0740. The van der Waals surface area contributed by atoms with Gasteiger partial charge in [0, 0.05) is 24.3 Å². The quantitative estimate of drug-likeness (QED) is 0.816. The molecule has 2 atom stereocenters. The van der Waals surface area contributed by atoms with Gasteiger partial charge in [0.05, 0.1) is 12.7 Å². The number of amides is 1. The molecule has 1 aliphatic rings. The monoisotopic (exact) mass is 248 g/mol. The molecule has 1 saturated heterocycles. The summed E-state index contributed by atoms with van der Waals surface area (Å²) >= 11 is 0. The first-order chi connectivity index (χ1) is 8.52.